The molecule has 2 saturated carbocycles. The van der Waals surface area contributed by atoms with Crippen LogP contribution in [0.25, 0.3) is 11.0 Å². The SMILES string of the molecule is Cc1nc2ccccc2n1C1CC2N(CCC(NC(=O)C3CCC3)c3ccccc3)C3COCC32C1. The highest BCUT2D eigenvalue weighted by atomic mass is 16.5. The summed E-state index contributed by atoms with van der Waals surface area (Å²) in [6.07, 6.45) is 6.50. The summed E-state index contributed by atoms with van der Waals surface area (Å²) in [5.74, 6) is 1.56. The predicted molar refractivity (Wildman–Crippen MR) is 140 cm³/mol. The second kappa shape index (κ2) is 8.70. The summed E-state index contributed by atoms with van der Waals surface area (Å²) in [5.41, 5.74) is 3.82. The van der Waals surface area contributed by atoms with Crippen molar-refractivity contribution in [2.24, 2.45) is 11.3 Å². The molecule has 0 bridgehead atoms. The molecule has 36 heavy (non-hydrogen) atoms. The van der Waals surface area contributed by atoms with E-state index in [4.69, 9.17) is 9.72 Å². The minimum atomic E-state index is 0.0636. The van der Waals surface area contributed by atoms with E-state index in [1.165, 1.54) is 23.9 Å². The number of fused-ring (bicyclic) bond motifs is 1. The van der Waals surface area contributed by atoms with Gasteiger partial charge in [-0.2, -0.15) is 0 Å². The van der Waals surface area contributed by atoms with Crippen LogP contribution >= 0.6 is 0 Å². The van der Waals surface area contributed by atoms with Crippen molar-refractivity contribution in [3.8, 4) is 0 Å². The maximum atomic E-state index is 12.9. The molecule has 3 aromatic rings. The normalized spacial score (nSPS) is 30.4. The average Bonchev–Trinajstić information content (AvgIpc) is 3.49. The van der Waals surface area contributed by atoms with E-state index in [1.54, 1.807) is 0 Å². The summed E-state index contributed by atoms with van der Waals surface area (Å²) < 4.78 is 8.61. The third-order valence-electron chi connectivity index (χ3n) is 9.69. The van der Waals surface area contributed by atoms with Crippen LogP contribution in [0, 0.1) is 18.3 Å². The Labute approximate surface area is 213 Å². The summed E-state index contributed by atoms with van der Waals surface area (Å²) in [6, 6.07) is 20.6. The fourth-order valence-corrected chi connectivity index (χ4v) is 7.69. The minimum absolute atomic E-state index is 0.0636. The summed E-state index contributed by atoms with van der Waals surface area (Å²) in [6.45, 7) is 4.84. The number of ether oxygens (including phenoxy) is 1. The van der Waals surface area contributed by atoms with Crippen molar-refractivity contribution in [2.75, 3.05) is 19.8 Å². The molecule has 5 unspecified atom stereocenters. The van der Waals surface area contributed by atoms with Gasteiger partial charge in [0.05, 0.1) is 30.3 Å². The van der Waals surface area contributed by atoms with Crippen LogP contribution in [-0.2, 0) is 9.53 Å². The number of amides is 1. The quantitative estimate of drug-likeness (QED) is 0.524. The molecule has 6 heteroatoms. The Kier molecular flexibility index (Phi) is 5.44. The Morgan fingerprint density at radius 1 is 1.14 bits per heavy atom. The van der Waals surface area contributed by atoms with Gasteiger partial charge >= 0.3 is 0 Å². The van der Waals surface area contributed by atoms with Gasteiger partial charge in [0.15, 0.2) is 0 Å². The molecule has 7 rings (SSSR count). The van der Waals surface area contributed by atoms with E-state index in [0.717, 1.165) is 56.8 Å². The minimum Gasteiger partial charge on any atom is -0.379 e. The summed E-state index contributed by atoms with van der Waals surface area (Å²) in [5, 5.41) is 3.41. The maximum absolute atomic E-state index is 12.9. The molecule has 1 N–H and O–H groups in total. The number of carbonyl (C=O) groups is 1. The van der Waals surface area contributed by atoms with Crippen LogP contribution in [0.4, 0.5) is 0 Å². The molecule has 4 aliphatic rings. The first kappa shape index (κ1) is 22.5. The number of aromatic nitrogens is 2. The lowest BCUT2D eigenvalue weighted by atomic mass is 9.68. The van der Waals surface area contributed by atoms with E-state index in [0.29, 0.717) is 18.1 Å². The van der Waals surface area contributed by atoms with E-state index in [2.05, 4.69) is 76.3 Å². The third-order valence-corrected chi connectivity index (χ3v) is 9.69. The van der Waals surface area contributed by atoms with Crippen LogP contribution in [0.1, 0.15) is 62.0 Å². The molecule has 1 aromatic heterocycles. The fourth-order valence-electron chi connectivity index (χ4n) is 7.69. The molecule has 3 heterocycles. The Morgan fingerprint density at radius 3 is 2.75 bits per heavy atom. The van der Waals surface area contributed by atoms with E-state index in [9.17, 15) is 4.79 Å². The molecule has 2 saturated heterocycles. The molecule has 2 aliphatic heterocycles. The summed E-state index contributed by atoms with van der Waals surface area (Å²) in [7, 11) is 0. The number of hydrogen-bond acceptors (Lipinski definition) is 4. The van der Waals surface area contributed by atoms with E-state index >= 15 is 0 Å². The molecule has 4 fully saturated rings. The van der Waals surface area contributed by atoms with Crippen molar-refractivity contribution in [3.05, 3.63) is 66.0 Å². The third kappa shape index (κ3) is 3.45. The molecule has 1 amide bonds. The van der Waals surface area contributed by atoms with Crippen LogP contribution in [0.5, 0.6) is 0 Å². The van der Waals surface area contributed by atoms with E-state index < -0.39 is 0 Å². The van der Waals surface area contributed by atoms with Crippen molar-refractivity contribution < 1.29 is 9.53 Å². The lowest BCUT2D eigenvalue weighted by molar-refractivity contribution is -0.128. The Bertz CT molecular complexity index is 1270. The molecule has 2 aromatic carbocycles. The van der Waals surface area contributed by atoms with Crippen LogP contribution < -0.4 is 5.32 Å². The lowest BCUT2D eigenvalue weighted by Crippen LogP contribution is -2.68. The van der Waals surface area contributed by atoms with Crippen molar-refractivity contribution in [2.45, 2.75) is 69.6 Å². The van der Waals surface area contributed by atoms with Gasteiger partial charge < -0.3 is 14.6 Å². The number of rotatable bonds is 7. The number of carbonyl (C=O) groups excluding carboxylic acids is 1. The van der Waals surface area contributed by atoms with Gasteiger partial charge in [0.25, 0.3) is 0 Å². The fraction of sp³-hybridized carbons (Fsp3) is 0.533. The van der Waals surface area contributed by atoms with Gasteiger partial charge in [-0.15, -0.1) is 0 Å². The largest absolute Gasteiger partial charge is 0.379 e. The number of imidazole rings is 1. The number of nitrogens with one attached hydrogen (secondary N) is 1. The van der Waals surface area contributed by atoms with Crippen LogP contribution in [0.2, 0.25) is 0 Å². The first-order valence-corrected chi connectivity index (χ1v) is 13.8. The van der Waals surface area contributed by atoms with Gasteiger partial charge in [-0.1, -0.05) is 48.9 Å². The van der Waals surface area contributed by atoms with Gasteiger partial charge in [0.1, 0.15) is 5.82 Å². The smallest absolute Gasteiger partial charge is 0.223 e. The molecule has 0 radical (unpaired) electrons. The highest BCUT2D eigenvalue weighted by Gasteiger charge is 2.67. The van der Waals surface area contributed by atoms with Crippen LogP contribution in [0.15, 0.2) is 54.6 Å². The zero-order valence-corrected chi connectivity index (χ0v) is 21.1. The monoisotopic (exact) mass is 484 g/mol. The number of benzene rings is 2. The summed E-state index contributed by atoms with van der Waals surface area (Å²) in [4.78, 5) is 20.4. The average molecular weight is 485 g/mol. The summed E-state index contributed by atoms with van der Waals surface area (Å²) >= 11 is 0. The second-order valence-corrected chi connectivity index (χ2v) is 11.5. The Hall–Kier alpha value is -2.70. The second-order valence-electron chi connectivity index (χ2n) is 11.5. The molecule has 1 spiro atoms. The number of likely N-dealkylation sites (tertiary alicyclic amines) is 1. The van der Waals surface area contributed by atoms with Gasteiger partial charge in [-0.3, -0.25) is 9.69 Å². The molecule has 2 aliphatic carbocycles. The van der Waals surface area contributed by atoms with Crippen molar-refractivity contribution >= 4 is 16.9 Å². The lowest BCUT2D eigenvalue weighted by Gasteiger charge is -2.57. The Morgan fingerprint density at radius 2 is 1.94 bits per heavy atom. The van der Waals surface area contributed by atoms with Gasteiger partial charge in [-0.05, 0) is 56.7 Å². The van der Waals surface area contributed by atoms with Crippen LogP contribution in [-0.4, -0.2) is 52.2 Å². The highest BCUT2D eigenvalue weighted by Crippen LogP contribution is 2.61. The Balaban J connectivity index is 1.10. The number of nitrogens with zero attached hydrogens (tertiary/aromatic N) is 3. The molecule has 5 atom stereocenters. The van der Waals surface area contributed by atoms with Crippen LogP contribution in [0.3, 0.4) is 0 Å². The molecule has 6 nitrogen and oxygen atoms in total. The zero-order chi connectivity index (χ0) is 24.3. The molecular weight excluding hydrogens is 448 g/mol. The maximum Gasteiger partial charge on any atom is 0.223 e. The van der Waals surface area contributed by atoms with Crippen molar-refractivity contribution in [1.29, 1.82) is 0 Å². The highest BCUT2D eigenvalue weighted by molar-refractivity contribution is 5.79. The zero-order valence-electron chi connectivity index (χ0n) is 21.1. The molecular formula is C30H36N4O2. The van der Waals surface area contributed by atoms with Gasteiger partial charge in [0, 0.05) is 36.0 Å². The predicted octanol–water partition coefficient (Wildman–Crippen LogP) is 4.80. The number of para-hydroxylation sites is 2. The van der Waals surface area contributed by atoms with Crippen molar-refractivity contribution in [3.63, 3.8) is 0 Å². The van der Waals surface area contributed by atoms with Gasteiger partial charge in [-0.25, -0.2) is 4.98 Å². The van der Waals surface area contributed by atoms with E-state index in [1.807, 2.05) is 0 Å². The van der Waals surface area contributed by atoms with Crippen molar-refractivity contribution in [1.82, 2.24) is 19.8 Å². The van der Waals surface area contributed by atoms with Gasteiger partial charge in [0.2, 0.25) is 5.91 Å². The standard InChI is InChI=1S/C30H36N4O2/c1-20-31-25-12-5-6-13-26(25)34(20)23-16-27-30(17-23)19-36-18-28(30)33(27)15-14-24(21-8-3-2-4-9-21)32-29(35)22-10-7-11-22/h2-6,8-9,12-13,22-24,27-28H,7,10-11,14-19H2,1H3,(H,32,35). The number of hydrogen-bond donors (Lipinski definition) is 1. The number of aryl methyl sites for hydroxylation is 1. The van der Waals surface area contributed by atoms with E-state index in [-0.39, 0.29) is 23.3 Å². The topological polar surface area (TPSA) is 59.4 Å². The molecule has 188 valence electrons. The first-order chi connectivity index (χ1) is 17.6. The first-order valence-electron chi connectivity index (χ1n) is 13.8.